The molecule has 0 radical (unpaired) electrons. The second-order valence-electron chi connectivity index (χ2n) is 9.39. The van der Waals surface area contributed by atoms with Gasteiger partial charge in [-0.3, -0.25) is 14.5 Å². The maximum Gasteiger partial charge on any atom is 0.226 e. The van der Waals surface area contributed by atoms with Crippen LogP contribution in [0.3, 0.4) is 0 Å². The van der Waals surface area contributed by atoms with E-state index in [1.807, 2.05) is 4.90 Å². The van der Waals surface area contributed by atoms with Crippen molar-refractivity contribution in [2.24, 2.45) is 5.92 Å². The average Bonchev–Trinajstić information content (AvgIpc) is 3.38. The van der Waals surface area contributed by atoms with Gasteiger partial charge in [0.15, 0.2) is 5.78 Å². The fourth-order valence-electron chi connectivity index (χ4n) is 5.10. The molecule has 1 saturated heterocycles. The summed E-state index contributed by atoms with van der Waals surface area (Å²) in [7, 11) is 0. The number of carbonyl (C=O) groups excluding carboxylic acids is 2. The van der Waals surface area contributed by atoms with E-state index in [1.54, 1.807) is 36.4 Å². The minimum absolute atomic E-state index is 0.0973. The molecule has 2 aromatic rings. The quantitative estimate of drug-likeness (QED) is 0.493. The van der Waals surface area contributed by atoms with Crippen LogP contribution in [0.4, 0.5) is 0 Å². The lowest BCUT2D eigenvalue weighted by Crippen LogP contribution is -2.54. The third-order valence-electron chi connectivity index (χ3n) is 7.01. The lowest BCUT2D eigenvalue weighted by Gasteiger charge is -2.41. The first-order chi connectivity index (χ1) is 16.4. The maximum atomic E-state index is 12.9. The normalized spacial score (nSPS) is 19.2. The van der Waals surface area contributed by atoms with E-state index < -0.39 is 0 Å². The molecule has 0 bridgehead atoms. The number of Topliss-reactive ketones (excluding diaryl/α,β-unsaturated/α-hetero) is 1. The first kappa shape index (κ1) is 24.7. The van der Waals surface area contributed by atoms with Gasteiger partial charge < -0.3 is 4.90 Å². The number of nitrogens with zero attached hydrogens (tertiary/aromatic N) is 3. The van der Waals surface area contributed by atoms with Crippen LogP contribution in [0.25, 0.3) is 0 Å². The van der Waals surface area contributed by atoms with Gasteiger partial charge in [0, 0.05) is 60.7 Å². The molecular formula is C27H29Cl2N3O2. The molecule has 2 fully saturated rings. The van der Waals surface area contributed by atoms with Crippen LogP contribution in [0.2, 0.25) is 10.0 Å². The van der Waals surface area contributed by atoms with Crippen LogP contribution in [0.5, 0.6) is 0 Å². The van der Waals surface area contributed by atoms with Crippen molar-refractivity contribution in [2.75, 3.05) is 19.6 Å². The number of halogens is 2. The average molecular weight is 498 g/mol. The predicted molar refractivity (Wildman–Crippen MR) is 134 cm³/mol. The van der Waals surface area contributed by atoms with Crippen molar-refractivity contribution in [3.05, 3.63) is 68.7 Å². The van der Waals surface area contributed by atoms with Gasteiger partial charge in [-0.1, -0.05) is 54.2 Å². The highest BCUT2D eigenvalue weighted by Crippen LogP contribution is 2.32. The van der Waals surface area contributed by atoms with Gasteiger partial charge in [-0.2, -0.15) is 5.26 Å². The zero-order chi connectivity index (χ0) is 24.2. The Bertz CT molecular complexity index is 1120. The second kappa shape index (κ2) is 10.9. The van der Waals surface area contributed by atoms with Gasteiger partial charge in [-0.15, -0.1) is 0 Å². The van der Waals surface area contributed by atoms with E-state index in [0.29, 0.717) is 40.2 Å². The number of nitriles is 1. The number of hydrogen-bond acceptors (Lipinski definition) is 4. The smallest absolute Gasteiger partial charge is 0.226 e. The number of piperazine rings is 1. The van der Waals surface area contributed by atoms with Crippen LogP contribution in [-0.4, -0.2) is 47.2 Å². The summed E-state index contributed by atoms with van der Waals surface area (Å²) in [5.74, 6) is 0.405. The van der Waals surface area contributed by atoms with Gasteiger partial charge in [0.2, 0.25) is 5.91 Å². The second-order valence-corrected chi connectivity index (χ2v) is 10.2. The number of hydrogen-bond donors (Lipinski definition) is 0. The molecule has 4 rings (SSSR count). The van der Waals surface area contributed by atoms with E-state index in [0.717, 1.165) is 49.9 Å². The molecule has 2 aliphatic rings. The molecule has 0 unspecified atom stereocenters. The molecule has 0 spiro atoms. The molecule has 1 atom stereocenters. The van der Waals surface area contributed by atoms with Crippen LogP contribution < -0.4 is 0 Å². The monoisotopic (exact) mass is 497 g/mol. The van der Waals surface area contributed by atoms with Crippen LogP contribution >= 0.6 is 23.2 Å². The van der Waals surface area contributed by atoms with Crippen molar-refractivity contribution < 1.29 is 9.59 Å². The van der Waals surface area contributed by atoms with E-state index in [1.165, 1.54) is 0 Å². The highest BCUT2D eigenvalue weighted by Gasteiger charge is 2.33. The molecule has 7 heteroatoms. The number of carbonyl (C=O) groups is 2. The molecule has 1 aliphatic carbocycles. The van der Waals surface area contributed by atoms with E-state index in [9.17, 15) is 9.59 Å². The SMILES string of the molecule is C[C@H]1CN(Cc2c(Cl)ccc(CC(=O)c3cccc(C#N)c3)c2Cl)CCN1C(=O)C1CCCC1. The summed E-state index contributed by atoms with van der Waals surface area (Å²) in [6.07, 6.45) is 4.49. The highest BCUT2D eigenvalue weighted by molar-refractivity contribution is 6.36. The van der Waals surface area contributed by atoms with Crippen LogP contribution in [-0.2, 0) is 17.8 Å². The van der Waals surface area contributed by atoms with Crippen LogP contribution in [0.1, 0.15) is 59.7 Å². The molecule has 178 valence electrons. The summed E-state index contributed by atoms with van der Waals surface area (Å²) in [6.45, 7) is 4.90. The Hall–Kier alpha value is -2.39. The summed E-state index contributed by atoms with van der Waals surface area (Å²) in [5.41, 5.74) is 2.47. The van der Waals surface area contributed by atoms with Gasteiger partial charge in [0.05, 0.1) is 16.7 Å². The Balaban J connectivity index is 1.43. The van der Waals surface area contributed by atoms with E-state index in [4.69, 9.17) is 28.5 Å². The third kappa shape index (κ3) is 5.46. The van der Waals surface area contributed by atoms with Gasteiger partial charge in [-0.05, 0) is 43.5 Å². The minimum atomic E-state index is -0.0973. The molecule has 1 amide bonds. The molecule has 1 saturated carbocycles. The largest absolute Gasteiger partial charge is 0.337 e. The fraction of sp³-hybridized carbons (Fsp3) is 0.444. The van der Waals surface area contributed by atoms with Crippen LogP contribution in [0, 0.1) is 17.2 Å². The number of benzene rings is 2. The zero-order valence-corrected chi connectivity index (χ0v) is 20.9. The van der Waals surface area contributed by atoms with E-state index in [-0.39, 0.29) is 24.2 Å². The summed E-state index contributed by atoms with van der Waals surface area (Å²) in [6, 6.07) is 12.5. The van der Waals surface area contributed by atoms with Gasteiger partial charge >= 0.3 is 0 Å². The molecule has 5 nitrogen and oxygen atoms in total. The Labute approximate surface area is 211 Å². The predicted octanol–water partition coefficient (Wildman–Crippen LogP) is 5.51. The molecule has 1 aliphatic heterocycles. The van der Waals surface area contributed by atoms with Crippen molar-refractivity contribution in [1.29, 1.82) is 5.26 Å². The van der Waals surface area contributed by atoms with Crippen molar-refractivity contribution >= 4 is 34.9 Å². The van der Waals surface area contributed by atoms with E-state index in [2.05, 4.69) is 17.9 Å². The summed E-state index contributed by atoms with van der Waals surface area (Å²) in [5, 5.41) is 10.2. The molecule has 0 N–H and O–H groups in total. The van der Waals surface area contributed by atoms with Crippen molar-refractivity contribution in [3.8, 4) is 6.07 Å². The molecular weight excluding hydrogens is 469 g/mol. The summed E-state index contributed by atoms with van der Waals surface area (Å²) < 4.78 is 0. The zero-order valence-electron chi connectivity index (χ0n) is 19.4. The van der Waals surface area contributed by atoms with E-state index >= 15 is 0 Å². The highest BCUT2D eigenvalue weighted by atomic mass is 35.5. The Kier molecular flexibility index (Phi) is 7.93. The van der Waals surface area contributed by atoms with Gasteiger partial charge in [0.25, 0.3) is 0 Å². The van der Waals surface area contributed by atoms with Gasteiger partial charge in [0.1, 0.15) is 0 Å². The maximum absolute atomic E-state index is 12.9. The minimum Gasteiger partial charge on any atom is -0.337 e. The van der Waals surface area contributed by atoms with Gasteiger partial charge in [-0.25, -0.2) is 0 Å². The Morgan fingerprint density at radius 1 is 1.12 bits per heavy atom. The topological polar surface area (TPSA) is 64.4 Å². The Morgan fingerprint density at radius 3 is 2.59 bits per heavy atom. The molecule has 34 heavy (non-hydrogen) atoms. The summed E-state index contributed by atoms with van der Waals surface area (Å²) in [4.78, 5) is 30.0. The van der Waals surface area contributed by atoms with Crippen molar-refractivity contribution in [1.82, 2.24) is 9.80 Å². The number of amides is 1. The first-order valence-corrected chi connectivity index (χ1v) is 12.6. The lowest BCUT2D eigenvalue weighted by molar-refractivity contribution is -0.140. The van der Waals surface area contributed by atoms with Crippen LogP contribution in [0.15, 0.2) is 36.4 Å². The summed E-state index contributed by atoms with van der Waals surface area (Å²) >= 11 is 13.3. The number of rotatable bonds is 6. The first-order valence-electron chi connectivity index (χ1n) is 11.9. The standard InChI is InChI=1S/C27H29Cl2N3O2/c1-18-16-31(11-12-32(18)27(34)20-6-2-3-7-20)17-23-24(28)10-9-22(26(23)29)14-25(33)21-8-4-5-19(13-21)15-30/h4-5,8-10,13,18,20H,2-3,6-7,11-12,14,16-17H2,1H3/t18-/m0/s1. The van der Waals surface area contributed by atoms with Crippen molar-refractivity contribution in [3.63, 3.8) is 0 Å². The molecule has 2 aromatic carbocycles. The fourth-order valence-corrected chi connectivity index (χ4v) is 5.66. The Morgan fingerprint density at radius 2 is 1.88 bits per heavy atom. The third-order valence-corrected chi connectivity index (χ3v) is 7.84. The molecule has 0 aromatic heterocycles. The molecule has 1 heterocycles. The van der Waals surface area contributed by atoms with Crippen molar-refractivity contribution in [2.45, 2.75) is 51.6 Å². The lowest BCUT2D eigenvalue weighted by atomic mass is 9.99. The number of ketones is 1.